The van der Waals surface area contributed by atoms with Gasteiger partial charge < -0.3 is 9.67 Å². The van der Waals surface area contributed by atoms with Crippen molar-refractivity contribution in [3.8, 4) is 11.3 Å². The minimum atomic E-state index is -0.891. The first kappa shape index (κ1) is 14.4. The Bertz CT molecular complexity index is 800. The molecule has 0 unspecified atom stereocenters. The minimum Gasteiger partial charge on any atom is -0.478 e. The lowest BCUT2D eigenvalue weighted by atomic mass is 10.1. The number of aromatic nitrogens is 1. The first-order chi connectivity index (χ1) is 10.7. The maximum atomic E-state index is 11.0. The Morgan fingerprint density at radius 3 is 2.50 bits per heavy atom. The van der Waals surface area contributed by atoms with Crippen molar-refractivity contribution in [1.82, 2.24) is 4.57 Å². The molecule has 3 rings (SSSR count). The number of nitrogens with zero attached hydrogens (tertiary/aromatic N) is 1. The summed E-state index contributed by atoms with van der Waals surface area (Å²) in [6.45, 7) is 3.16. The molecule has 22 heavy (non-hydrogen) atoms. The van der Waals surface area contributed by atoms with Gasteiger partial charge in [-0.05, 0) is 36.2 Å². The van der Waals surface area contributed by atoms with Crippen LogP contribution in [0.15, 0.2) is 54.6 Å². The van der Waals surface area contributed by atoms with Gasteiger partial charge in [0.2, 0.25) is 0 Å². The number of benzene rings is 2. The Kier molecular flexibility index (Phi) is 3.96. The standard InChI is InChI=1S/C19H19NO2/c1-2-3-12-20-17-7-5-4-6-16(17)13-18(20)14-8-10-15(11-9-14)19(21)22/h4-11,13H,2-3,12H2,1H3,(H,21,22). The van der Waals surface area contributed by atoms with Gasteiger partial charge in [0, 0.05) is 23.1 Å². The quantitative estimate of drug-likeness (QED) is 0.733. The van der Waals surface area contributed by atoms with Crippen molar-refractivity contribution in [2.24, 2.45) is 0 Å². The fraction of sp³-hybridized carbons (Fsp3) is 0.211. The number of fused-ring (bicyclic) bond motifs is 1. The Hall–Kier alpha value is -2.55. The van der Waals surface area contributed by atoms with Crippen molar-refractivity contribution in [3.63, 3.8) is 0 Å². The monoisotopic (exact) mass is 293 g/mol. The molecule has 0 amide bonds. The third kappa shape index (κ3) is 2.62. The Morgan fingerprint density at radius 2 is 1.82 bits per heavy atom. The molecule has 0 aliphatic heterocycles. The third-order valence-electron chi connectivity index (χ3n) is 3.97. The lowest BCUT2D eigenvalue weighted by Gasteiger charge is -2.10. The summed E-state index contributed by atoms with van der Waals surface area (Å²) in [5.41, 5.74) is 3.75. The second kappa shape index (κ2) is 6.06. The van der Waals surface area contributed by atoms with E-state index < -0.39 is 5.97 Å². The lowest BCUT2D eigenvalue weighted by Crippen LogP contribution is -2.00. The number of aromatic carboxylic acids is 1. The van der Waals surface area contributed by atoms with Gasteiger partial charge in [0.15, 0.2) is 0 Å². The molecule has 0 aliphatic rings. The van der Waals surface area contributed by atoms with Gasteiger partial charge in [-0.1, -0.05) is 43.7 Å². The van der Waals surface area contributed by atoms with E-state index in [9.17, 15) is 4.79 Å². The average Bonchev–Trinajstić information content (AvgIpc) is 2.91. The number of unbranched alkanes of at least 4 members (excludes halogenated alkanes) is 1. The summed E-state index contributed by atoms with van der Waals surface area (Å²) in [6.07, 6.45) is 2.27. The van der Waals surface area contributed by atoms with Gasteiger partial charge in [-0.3, -0.25) is 0 Å². The van der Waals surface area contributed by atoms with Crippen LogP contribution in [0.4, 0.5) is 0 Å². The van der Waals surface area contributed by atoms with Crippen LogP contribution in [-0.4, -0.2) is 15.6 Å². The molecule has 1 aromatic heterocycles. The first-order valence-electron chi connectivity index (χ1n) is 7.62. The number of rotatable bonds is 5. The van der Waals surface area contributed by atoms with Crippen LogP contribution in [-0.2, 0) is 6.54 Å². The molecule has 0 fully saturated rings. The lowest BCUT2D eigenvalue weighted by molar-refractivity contribution is 0.0697. The molecular weight excluding hydrogens is 274 g/mol. The van der Waals surface area contributed by atoms with E-state index in [1.807, 2.05) is 18.2 Å². The van der Waals surface area contributed by atoms with Gasteiger partial charge in [0.25, 0.3) is 0 Å². The van der Waals surface area contributed by atoms with Gasteiger partial charge in [0.1, 0.15) is 0 Å². The molecule has 0 saturated heterocycles. The van der Waals surface area contributed by atoms with Gasteiger partial charge in [0.05, 0.1) is 5.56 Å². The van der Waals surface area contributed by atoms with E-state index in [1.165, 1.54) is 10.9 Å². The van der Waals surface area contributed by atoms with Gasteiger partial charge in [-0.2, -0.15) is 0 Å². The van der Waals surface area contributed by atoms with Gasteiger partial charge in [-0.15, -0.1) is 0 Å². The normalized spacial score (nSPS) is 11.0. The number of carbonyl (C=O) groups is 1. The molecule has 1 heterocycles. The summed E-state index contributed by atoms with van der Waals surface area (Å²) < 4.78 is 2.33. The van der Waals surface area contributed by atoms with Crippen molar-refractivity contribution in [1.29, 1.82) is 0 Å². The highest BCUT2D eigenvalue weighted by molar-refractivity contribution is 5.90. The van der Waals surface area contributed by atoms with Gasteiger partial charge >= 0.3 is 5.97 Å². The summed E-state index contributed by atoms with van der Waals surface area (Å²) in [5, 5.41) is 10.2. The van der Waals surface area contributed by atoms with Crippen molar-refractivity contribution in [3.05, 3.63) is 60.2 Å². The van der Waals surface area contributed by atoms with Crippen LogP contribution < -0.4 is 0 Å². The molecule has 0 atom stereocenters. The van der Waals surface area contributed by atoms with Crippen molar-refractivity contribution in [2.75, 3.05) is 0 Å². The first-order valence-corrected chi connectivity index (χ1v) is 7.62. The maximum Gasteiger partial charge on any atom is 0.335 e. The van der Waals surface area contributed by atoms with Crippen LogP contribution in [0, 0.1) is 0 Å². The van der Waals surface area contributed by atoms with Crippen molar-refractivity contribution < 1.29 is 9.90 Å². The molecule has 3 aromatic rings. The molecule has 0 radical (unpaired) electrons. The zero-order valence-corrected chi connectivity index (χ0v) is 12.6. The Balaban J connectivity index is 2.10. The molecule has 112 valence electrons. The van der Waals surface area contributed by atoms with Crippen LogP contribution in [0.1, 0.15) is 30.1 Å². The smallest absolute Gasteiger partial charge is 0.335 e. The van der Waals surface area contributed by atoms with Crippen LogP contribution >= 0.6 is 0 Å². The summed E-state index contributed by atoms with van der Waals surface area (Å²) in [4.78, 5) is 11.0. The predicted molar refractivity (Wildman–Crippen MR) is 89.2 cm³/mol. The second-order valence-corrected chi connectivity index (χ2v) is 5.48. The fourth-order valence-electron chi connectivity index (χ4n) is 2.79. The highest BCUT2D eigenvalue weighted by Gasteiger charge is 2.11. The van der Waals surface area contributed by atoms with Crippen LogP contribution in [0.5, 0.6) is 0 Å². The number of aryl methyl sites for hydroxylation is 1. The Labute approximate surface area is 129 Å². The number of carboxylic acid groups (broad SMARTS) is 1. The highest BCUT2D eigenvalue weighted by Crippen LogP contribution is 2.29. The zero-order valence-electron chi connectivity index (χ0n) is 12.6. The number of carboxylic acids is 1. The van der Waals surface area contributed by atoms with E-state index in [-0.39, 0.29) is 0 Å². The molecule has 0 spiro atoms. The van der Waals surface area contributed by atoms with E-state index in [0.717, 1.165) is 30.6 Å². The van der Waals surface area contributed by atoms with E-state index in [2.05, 4.69) is 35.8 Å². The van der Waals surface area contributed by atoms with Gasteiger partial charge in [-0.25, -0.2) is 4.79 Å². The molecule has 3 nitrogen and oxygen atoms in total. The largest absolute Gasteiger partial charge is 0.478 e. The summed E-state index contributed by atoms with van der Waals surface area (Å²) in [6, 6.07) is 17.7. The van der Waals surface area contributed by atoms with E-state index in [1.54, 1.807) is 12.1 Å². The Morgan fingerprint density at radius 1 is 1.09 bits per heavy atom. The molecule has 0 saturated carbocycles. The molecule has 3 heteroatoms. The van der Waals surface area contributed by atoms with Crippen LogP contribution in [0.25, 0.3) is 22.2 Å². The molecule has 2 aromatic carbocycles. The van der Waals surface area contributed by atoms with E-state index in [0.29, 0.717) is 5.56 Å². The average molecular weight is 293 g/mol. The topological polar surface area (TPSA) is 42.2 Å². The number of hydrogen-bond donors (Lipinski definition) is 1. The highest BCUT2D eigenvalue weighted by atomic mass is 16.4. The second-order valence-electron chi connectivity index (χ2n) is 5.48. The van der Waals surface area contributed by atoms with Crippen molar-refractivity contribution in [2.45, 2.75) is 26.3 Å². The zero-order chi connectivity index (χ0) is 15.5. The number of para-hydroxylation sites is 1. The molecule has 0 aliphatic carbocycles. The minimum absolute atomic E-state index is 0.319. The summed E-state index contributed by atoms with van der Waals surface area (Å²) >= 11 is 0. The van der Waals surface area contributed by atoms with Crippen LogP contribution in [0.2, 0.25) is 0 Å². The maximum absolute atomic E-state index is 11.0. The summed E-state index contributed by atoms with van der Waals surface area (Å²) in [5.74, 6) is -0.891. The summed E-state index contributed by atoms with van der Waals surface area (Å²) in [7, 11) is 0. The number of hydrogen-bond acceptors (Lipinski definition) is 1. The molecular formula is C19H19NO2. The van der Waals surface area contributed by atoms with E-state index >= 15 is 0 Å². The SMILES string of the molecule is CCCCn1c(-c2ccc(C(=O)O)cc2)cc2ccccc21. The molecule has 0 bridgehead atoms. The molecule has 1 N–H and O–H groups in total. The van der Waals surface area contributed by atoms with Crippen LogP contribution in [0.3, 0.4) is 0 Å². The fourth-order valence-corrected chi connectivity index (χ4v) is 2.79. The van der Waals surface area contributed by atoms with E-state index in [4.69, 9.17) is 5.11 Å². The van der Waals surface area contributed by atoms with Crippen molar-refractivity contribution >= 4 is 16.9 Å². The third-order valence-corrected chi connectivity index (χ3v) is 3.97. The predicted octanol–water partition coefficient (Wildman–Crippen LogP) is 4.81.